The highest BCUT2D eigenvalue weighted by Gasteiger charge is 2.09. The number of carbonyl (C=O) groups excluding carboxylic acids is 1. The highest BCUT2D eigenvalue weighted by Crippen LogP contribution is 2.30. The van der Waals surface area contributed by atoms with Gasteiger partial charge in [-0.05, 0) is 42.0 Å². The zero-order chi connectivity index (χ0) is 18.4. The number of nitriles is 1. The standard InChI is InChI=1S/C20H16N4O2/c21-12-16-7-4-10-23-20(16)26-18-9-2-1-8-17(18)24-13-14-5-3-6-15(11-14)19(22)25/h1-11,24H,13H2,(H2,22,25). The van der Waals surface area contributed by atoms with Crippen LogP contribution in [0, 0.1) is 11.3 Å². The van der Waals surface area contributed by atoms with Crippen molar-refractivity contribution in [1.29, 1.82) is 5.26 Å². The molecule has 0 radical (unpaired) electrons. The minimum atomic E-state index is -0.463. The number of aromatic nitrogens is 1. The van der Waals surface area contributed by atoms with Crippen molar-refractivity contribution in [1.82, 2.24) is 4.98 Å². The van der Waals surface area contributed by atoms with Crippen LogP contribution < -0.4 is 15.8 Å². The second-order valence-electron chi connectivity index (χ2n) is 5.48. The van der Waals surface area contributed by atoms with Gasteiger partial charge in [-0.1, -0.05) is 24.3 Å². The molecular formula is C20H16N4O2. The summed E-state index contributed by atoms with van der Waals surface area (Å²) in [5, 5.41) is 12.4. The number of nitrogens with two attached hydrogens (primary N) is 1. The number of hydrogen-bond acceptors (Lipinski definition) is 5. The number of rotatable bonds is 6. The molecule has 6 nitrogen and oxygen atoms in total. The molecule has 1 amide bonds. The molecule has 0 bridgehead atoms. The van der Waals surface area contributed by atoms with Crippen LogP contribution in [0.3, 0.4) is 0 Å². The molecular weight excluding hydrogens is 328 g/mol. The highest BCUT2D eigenvalue weighted by atomic mass is 16.5. The lowest BCUT2D eigenvalue weighted by molar-refractivity contribution is 0.1000. The number of benzene rings is 2. The minimum absolute atomic E-state index is 0.250. The second-order valence-corrected chi connectivity index (χ2v) is 5.48. The van der Waals surface area contributed by atoms with E-state index in [1.807, 2.05) is 24.3 Å². The Morgan fingerprint density at radius 2 is 2.00 bits per heavy atom. The summed E-state index contributed by atoms with van der Waals surface area (Å²) in [6.45, 7) is 0.481. The van der Waals surface area contributed by atoms with Gasteiger partial charge >= 0.3 is 0 Å². The molecule has 0 atom stereocenters. The van der Waals surface area contributed by atoms with Crippen LogP contribution >= 0.6 is 0 Å². The molecule has 2 aromatic carbocycles. The van der Waals surface area contributed by atoms with Gasteiger partial charge < -0.3 is 15.8 Å². The number of para-hydroxylation sites is 2. The minimum Gasteiger partial charge on any atom is -0.436 e. The van der Waals surface area contributed by atoms with Crippen molar-refractivity contribution in [2.75, 3.05) is 5.32 Å². The van der Waals surface area contributed by atoms with E-state index in [-0.39, 0.29) is 5.88 Å². The molecule has 0 fully saturated rings. The number of nitrogens with one attached hydrogen (secondary N) is 1. The van der Waals surface area contributed by atoms with Crippen LogP contribution in [0.15, 0.2) is 66.9 Å². The lowest BCUT2D eigenvalue weighted by Gasteiger charge is -2.13. The SMILES string of the molecule is N#Cc1cccnc1Oc1ccccc1NCc1cccc(C(N)=O)c1. The Kier molecular flexibility index (Phi) is 5.11. The van der Waals surface area contributed by atoms with Crippen molar-refractivity contribution in [2.24, 2.45) is 5.73 Å². The lowest BCUT2D eigenvalue weighted by Crippen LogP contribution is -2.11. The lowest BCUT2D eigenvalue weighted by atomic mass is 10.1. The smallest absolute Gasteiger partial charge is 0.248 e. The first kappa shape index (κ1) is 17.0. The van der Waals surface area contributed by atoms with Crippen LogP contribution in [0.4, 0.5) is 5.69 Å². The Labute approximate surface area is 150 Å². The first-order valence-corrected chi connectivity index (χ1v) is 7.92. The molecule has 3 aromatic rings. The number of pyridine rings is 1. The van der Waals surface area contributed by atoms with Gasteiger partial charge in [0.15, 0.2) is 5.75 Å². The fraction of sp³-hybridized carbons (Fsp3) is 0.0500. The molecule has 0 spiro atoms. The van der Waals surface area contributed by atoms with Crippen LogP contribution in [-0.2, 0) is 6.54 Å². The summed E-state index contributed by atoms with van der Waals surface area (Å²) < 4.78 is 5.81. The van der Waals surface area contributed by atoms with Crippen LogP contribution in [0.25, 0.3) is 0 Å². The molecule has 1 heterocycles. The predicted molar refractivity (Wildman–Crippen MR) is 97.8 cm³/mol. The topological polar surface area (TPSA) is 101 Å². The number of amides is 1. The maximum Gasteiger partial charge on any atom is 0.248 e. The summed E-state index contributed by atoms with van der Waals surface area (Å²) >= 11 is 0. The Balaban J connectivity index is 1.79. The zero-order valence-corrected chi connectivity index (χ0v) is 13.8. The Bertz CT molecular complexity index is 979. The van der Waals surface area contributed by atoms with Crippen LogP contribution in [-0.4, -0.2) is 10.9 Å². The maximum atomic E-state index is 11.3. The van der Waals surface area contributed by atoms with E-state index in [9.17, 15) is 4.79 Å². The summed E-state index contributed by atoms with van der Waals surface area (Å²) in [7, 11) is 0. The molecule has 0 saturated heterocycles. The third kappa shape index (κ3) is 3.97. The normalized spacial score (nSPS) is 9.96. The van der Waals surface area contributed by atoms with Crippen molar-refractivity contribution >= 4 is 11.6 Å². The number of ether oxygens (including phenoxy) is 1. The van der Waals surface area contributed by atoms with E-state index in [4.69, 9.17) is 15.7 Å². The number of hydrogen-bond donors (Lipinski definition) is 2. The van der Waals surface area contributed by atoms with Crippen LogP contribution in [0.1, 0.15) is 21.5 Å². The first-order chi connectivity index (χ1) is 12.7. The van der Waals surface area contributed by atoms with Gasteiger partial charge in [-0.25, -0.2) is 4.98 Å². The number of primary amides is 1. The van der Waals surface area contributed by atoms with Gasteiger partial charge in [0, 0.05) is 18.3 Å². The molecule has 0 aliphatic rings. The average molecular weight is 344 g/mol. The van der Waals surface area contributed by atoms with Crippen LogP contribution in [0.2, 0.25) is 0 Å². The van der Waals surface area contributed by atoms with E-state index in [1.54, 1.807) is 42.6 Å². The van der Waals surface area contributed by atoms with Crippen LogP contribution in [0.5, 0.6) is 11.6 Å². The molecule has 0 unspecified atom stereocenters. The Morgan fingerprint density at radius 1 is 1.15 bits per heavy atom. The molecule has 1 aromatic heterocycles. The predicted octanol–water partition coefficient (Wildman–Crippen LogP) is 3.46. The molecule has 128 valence electrons. The van der Waals surface area contributed by atoms with E-state index in [0.29, 0.717) is 23.4 Å². The Morgan fingerprint density at radius 3 is 2.81 bits per heavy atom. The summed E-state index contributed by atoms with van der Waals surface area (Å²) in [6, 6.07) is 19.8. The summed E-state index contributed by atoms with van der Waals surface area (Å²) in [5.74, 6) is 0.337. The third-order valence-electron chi connectivity index (χ3n) is 3.68. The highest BCUT2D eigenvalue weighted by molar-refractivity contribution is 5.92. The van der Waals surface area contributed by atoms with E-state index < -0.39 is 5.91 Å². The summed E-state index contributed by atoms with van der Waals surface area (Å²) in [5.41, 5.74) is 7.78. The maximum absolute atomic E-state index is 11.3. The van der Waals surface area contributed by atoms with Crippen molar-refractivity contribution < 1.29 is 9.53 Å². The van der Waals surface area contributed by atoms with Gasteiger partial charge in [0.05, 0.1) is 5.69 Å². The monoisotopic (exact) mass is 344 g/mol. The molecule has 3 rings (SSSR count). The molecule has 0 saturated carbocycles. The molecule has 0 aliphatic heterocycles. The largest absolute Gasteiger partial charge is 0.436 e. The van der Waals surface area contributed by atoms with E-state index in [0.717, 1.165) is 11.3 Å². The van der Waals surface area contributed by atoms with Crippen molar-refractivity contribution in [2.45, 2.75) is 6.54 Å². The fourth-order valence-corrected chi connectivity index (χ4v) is 2.39. The van der Waals surface area contributed by atoms with Gasteiger partial charge in [-0.3, -0.25) is 4.79 Å². The van der Waals surface area contributed by atoms with E-state index in [2.05, 4.69) is 16.4 Å². The van der Waals surface area contributed by atoms with Crippen molar-refractivity contribution in [3.8, 4) is 17.7 Å². The third-order valence-corrected chi connectivity index (χ3v) is 3.68. The fourth-order valence-electron chi connectivity index (χ4n) is 2.39. The number of anilines is 1. The summed E-state index contributed by atoms with van der Waals surface area (Å²) in [4.78, 5) is 15.4. The quantitative estimate of drug-likeness (QED) is 0.713. The van der Waals surface area contributed by atoms with Gasteiger partial charge in [-0.2, -0.15) is 5.26 Å². The second kappa shape index (κ2) is 7.81. The Hall–Kier alpha value is -3.85. The molecule has 3 N–H and O–H groups in total. The number of carbonyl (C=O) groups is 1. The summed E-state index contributed by atoms with van der Waals surface area (Å²) in [6.07, 6.45) is 1.57. The molecule has 0 aliphatic carbocycles. The number of nitrogens with zero attached hydrogens (tertiary/aromatic N) is 2. The van der Waals surface area contributed by atoms with Gasteiger partial charge in [0.25, 0.3) is 0 Å². The van der Waals surface area contributed by atoms with Crippen molar-refractivity contribution in [3.63, 3.8) is 0 Å². The van der Waals surface area contributed by atoms with Gasteiger partial charge in [0.2, 0.25) is 11.8 Å². The zero-order valence-electron chi connectivity index (χ0n) is 13.8. The first-order valence-electron chi connectivity index (χ1n) is 7.92. The molecule has 6 heteroatoms. The average Bonchev–Trinajstić information content (AvgIpc) is 2.68. The van der Waals surface area contributed by atoms with Gasteiger partial charge in [0.1, 0.15) is 11.6 Å². The van der Waals surface area contributed by atoms with E-state index >= 15 is 0 Å². The molecule has 26 heavy (non-hydrogen) atoms. The van der Waals surface area contributed by atoms with Gasteiger partial charge in [-0.15, -0.1) is 0 Å². The van der Waals surface area contributed by atoms with Crippen molar-refractivity contribution in [3.05, 3.63) is 83.6 Å². The van der Waals surface area contributed by atoms with E-state index in [1.165, 1.54) is 0 Å².